The zero-order valence-electron chi connectivity index (χ0n) is 12.3. The monoisotopic (exact) mass is 293 g/mol. The molecule has 22 heavy (non-hydrogen) atoms. The van der Waals surface area contributed by atoms with Crippen LogP contribution in [0.5, 0.6) is 0 Å². The highest BCUT2D eigenvalue weighted by atomic mass is 16.1. The van der Waals surface area contributed by atoms with E-state index < -0.39 is 0 Å². The molecule has 1 amide bonds. The molecule has 3 rings (SSSR count). The van der Waals surface area contributed by atoms with Gasteiger partial charge in [0.2, 0.25) is 0 Å². The average Bonchev–Trinajstić information content (AvgIpc) is 2.57. The van der Waals surface area contributed by atoms with Crippen molar-refractivity contribution in [1.82, 2.24) is 15.1 Å². The topological polar surface area (TPSA) is 64.0 Å². The number of nitrogens with one attached hydrogen (secondary N) is 1. The van der Waals surface area contributed by atoms with E-state index >= 15 is 0 Å². The lowest BCUT2D eigenvalue weighted by Gasteiger charge is -2.08. The summed E-state index contributed by atoms with van der Waals surface area (Å²) in [5.74, 6) is -0.134. The number of carbonyl (C=O) groups excluding carboxylic acids is 1. The third-order valence-electron chi connectivity index (χ3n) is 3.60. The Hall–Kier alpha value is -2.95. The fourth-order valence-electron chi connectivity index (χ4n) is 2.44. The molecule has 1 aromatic heterocycles. The Morgan fingerprint density at radius 3 is 2.32 bits per heavy atom. The van der Waals surface area contributed by atoms with E-state index in [-0.39, 0.29) is 11.5 Å². The van der Waals surface area contributed by atoms with Gasteiger partial charge in [0, 0.05) is 30.6 Å². The molecule has 0 aliphatic heterocycles. The molecule has 5 nitrogen and oxygen atoms in total. The van der Waals surface area contributed by atoms with Gasteiger partial charge in [-0.05, 0) is 18.2 Å². The summed E-state index contributed by atoms with van der Waals surface area (Å²) in [6.45, 7) is 0. The molecule has 5 heteroatoms. The van der Waals surface area contributed by atoms with Gasteiger partial charge in [-0.15, -0.1) is 0 Å². The highest BCUT2D eigenvalue weighted by molar-refractivity contribution is 5.96. The molecule has 0 fully saturated rings. The lowest BCUT2D eigenvalue weighted by atomic mass is 10.0. The zero-order valence-corrected chi connectivity index (χ0v) is 12.3. The molecule has 0 bridgehead atoms. The molecule has 0 saturated carbocycles. The molecule has 0 spiro atoms. The molecule has 1 heterocycles. The summed E-state index contributed by atoms with van der Waals surface area (Å²) in [7, 11) is 3.23. The smallest absolute Gasteiger partial charge is 0.274 e. The van der Waals surface area contributed by atoms with Gasteiger partial charge in [-0.2, -0.15) is 5.10 Å². The minimum absolute atomic E-state index is 0.124. The number of aromatic nitrogens is 2. The predicted molar refractivity (Wildman–Crippen MR) is 85.8 cm³/mol. The summed E-state index contributed by atoms with van der Waals surface area (Å²) in [6, 6.07) is 14.6. The highest BCUT2D eigenvalue weighted by Crippen LogP contribution is 2.24. The summed E-state index contributed by atoms with van der Waals surface area (Å²) in [6.07, 6.45) is 0. The summed E-state index contributed by atoms with van der Waals surface area (Å²) in [5.41, 5.74) is 2.04. The zero-order chi connectivity index (χ0) is 15.7. The molecule has 0 radical (unpaired) electrons. The summed E-state index contributed by atoms with van der Waals surface area (Å²) in [5, 5.41) is 8.39. The molecule has 110 valence electrons. The van der Waals surface area contributed by atoms with Gasteiger partial charge >= 0.3 is 0 Å². The van der Waals surface area contributed by atoms with Crippen molar-refractivity contribution >= 4 is 16.7 Å². The lowest BCUT2D eigenvalue weighted by Crippen LogP contribution is -2.20. The average molecular weight is 293 g/mol. The Labute approximate surface area is 127 Å². The maximum absolute atomic E-state index is 12.1. The standard InChI is InChI=1S/C17H15N3O2/c1-18-16(21)12-9-7-11(8-10-12)15-13-5-3-4-6-14(13)17(22)20(2)19-15/h3-10H,1-2H3,(H,18,21). The van der Waals surface area contributed by atoms with E-state index in [1.807, 2.05) is 30.3 Å². The molecule has 0 aliphatic carbocycles. The number of nitrogens with zero attached hydrogens (tertiary/aromatic N) is 2. The van der Waals surface area contributed by atoms with Crippen molar-refractivity contribution in [2.24, 2.45) is 7.05 Å². The van der Waals surface area contributed by atoms with E-state index in [9.17, 15) is 9.59 Å². The van der Waals surface area contributed by atoms with E-state index in [4.69, 9.17) is 0 Å². The van der Waals surface area contributed by atoms with Crippen molar-refractivity contribution in [2.45, 2.75) is 0 Å². The second-order valence-corrected chi connectivity index (χ2v) is 4.98. The number of hydrogen-bond acceptors (Lipinski definition) is 3. The molecular formula is C17H15N3O2. The molecule has 2 aromatic carbocycles. The van der Waals surface area contributed by atoms with Gasteiger partial charge in [-0.25, -0.2) is 4.68 Å². The van der Waals surface area contributed by atoms with Gasteiger partial charge in [0.1, 0.15) is 0 Å². The normalized spacial score (nSPS) is 10.6. The van der Waals surface area contributed by atoms with Crippen LogP contribution >= 0.6 is 0 Å². The van der Waals surface area contributed by atoms with Gasteiger partial charge in [0.15, 0.2) is 0 Å². The van der Waals surface area contributed by atoms with E-state index in [2.05, 4.69) is 10.4 Å². The lowest BCUT2D eigenvalue weighted by molar-refractivity contribution is 0.0963. The van der Waals surface area contributed by atoms with E-state index in [0.29, 0.717) is 10.9 Å². The first-order chi connectivity index (χ1) is 10.6. The first-order valence-corrected chi connectivity index (χ1v) is 6.90. The Bertz CT molecular complexity index is 911. The molecule has 3 aromatic rings. The van der Waals surface area contributed by atoms with E-state index in [1.54, 1.807) is 32.3 Å². The number of hydrogen-bond donors (Lipinski definition) is 1. The third-order valence-corrected chi connectivity index (χ3v) is 3.60. The van der Waals surface area contributed by atoms with Crippen LogP contribution in [0.1, 0.15) is 10.4 Å². The van der Waals surface area contributed by atoms with Crippen molar-refractivity contribution in [3.05, 3.63) is 64.4 Å². The van der Waals surface area contributed by atoms with Gasteiger partial charge in [0.25, 0.3) is 11.5 Å². The fraction of sp³-hybridized carbons (Fsp3) is 0.118. The maximum atomic E-state index is 12.1. The van der Waals surface area contributed by atoms with Crippen LogP contribution in [0.3, 0.4) is 0 Å². The second kappa shape index (κ2) is 5.44. The summed E-state index contributed by atoms with van der Waals surface area (Å²) in [4.78, 5) is 23.7. The Kier molecular flexibility index (Phi) is 3.47. The van der Waals surface area contributed by atoms with Crippen LogP contribution in [-0.2, 0) is 7.05 Å². The maximum Gasteiger partial charge on any atom is 0.274 e. The van der Waals surface area contributed by atoms with Gasteiger partial charge in [0.05, 0.1) is 11.1 Å². The van der Waals surface area contributed by atoms with Crippen molar-refractivity contribution in [2.75, 3.05) is 7.05 Å². The van der Waals surface area contributed by atoms with E-state index in [1.165, 1.54) is 4.68 Å². The van der Waals surface area contributed by atoms with Crippen LogP contribution < -0.4 is 10.9 Å². The van der Waals surface area contributed by atoms with Crippen LogP contribution in [0.15, 0.2) is 53.3 Å². The van der Waals surface area contributed by atoms with E-state index in [0.717, 1.165) is 16.6 Å². The molecule has 0 atom stereocenters. The number of carbonyl (C=O) groups is 1. The summed E-state index contributed by atoms with van der Waals surface area (Å²) < 4.78 is 1.34. The minimum atomic E-state index is -0.134. The van der Waals surface area contributed by atoms with Crippen molar-refractivity contribution < 1.29 is 4.79 Å². The van der Waals surface area contributed by atoms with Crippen LogP contribution in [0.4, 0.5) is 0 Å². The van der Waals surface area contributed by atoms with Crippen LogP contribution in [0, 0.1) is 0 Å². The Morgan fingerprint density at radius 2 is 1.68 bits per heavy atom. The first kappa shape index (κ1) is 14.0. The van der Waals surface area contributed by atoms with Gasteiger partial charge in [-0.3, -0.25) is 9.59 Å². The van der Waals surface area contributed by atoms with Gasteiger partial charge < -0.3 is 5.32 Å². The quantitative estimate of drug-likeness (QED) is 0.785. The summed E-state index contributed by atoms with van der Waals surface area (Å²) >= 11 is 0. The first-order valence-electron chi connectivity index (χ1n) is 6.90. The minimum Gasteiger partial charge on any atom is -0.355 e. The second-order valence-electron chi connectivity index (χ2n) is 4.98. The molecule has 0 unspecified atom stereocenters. The third kappa shape index (κ3) is 2.26. The number of fused-ring (bicyclic) bond motifs is 1. The molecule has 0 aliphatic rings. The van der Waals surface area contributed by atoms with Gasteiger partial charge in [-0.1, -0.05) is 30.3 Å². The molecule has 1 N–H and O–H groups in total. The van der Waals surface area contributed by atoms with Crippen molar-refractivity contribution in [3.8, 4) is 11.3 Å². The SMILES string of the molecule is CNC(=O)c1ccc(-c2nn(C)c(=O)c3ccccc23)cc1. The Balaban J connectivity index is 2.20. The van der Waals surface area contributed by atoms with Crippen molar-refractivity contribution in [1.29, 1.82) is 0 Å². The number of amides is 1. The number of benzene rings is 2. The predicted octanol–water partition coefficient (Wildman–Crippen LogP) is 1.96. The highest BCUT2D eigenvalue weighted by Gasteiger charge is 2.11. The van der Waals surface area contributed by atoms with Crippen LogP contribution in [0.25, 0.3) is 22.0 Å². The number of rotatable bonds is 2. The van der Waals surface area contributed by atoms with Crippen molar-refractivity contribution in [3.63, 3.8) is 0 Å². The van der Waals surface area contributed by atoms with Crippen LogP contribution in [-0.4, -0.2) is 22.7 Å². The number of aryl methyl sites for hydroxylation is 1. The fourth-order valence-corrected chi connectivity index (χ4v) is 2.44. The molecular weight excluding hydrogens is 278 g/mol. The van der Waals surface area contributed by atoms with Crippen LogP contribution in [0.2, 0.25) is 0 Å². The Morgan fingerprint density at radius 1 is 1.05 bits per heavy atom. The largest absolute Gasteiger partial charge is 0.355 e. The molecule has 0 saturated heterocycles.